The minimum absolute atomic E-state index is 0.00329. The molecular formula is C64H85ClN6O14S. The number of epoxide rings is 1. The zero-order chi connectivity index (χ0) is 63.5. The van der Waals surface area contributed by atoms with Gasteiger partial charge in [0.25, 0.3) is 17.7 Å². The summed E-state index contributed by atoms with van der Waals surface area (Å²) in [6, 6.07) is 5.70. The fourth-order valence-corrected chi connectivity index (χ4v) is 12.1. The van der Waals surface area contributed by atoms with E-state index in [0.29, 0.717) is 71.8 Å². The van der Waals surface area contributed by atoms with Gasteiger partial charge in [0.05, 0.1) is 35.7 Å². The smallest absolute Gasteiger partial charge is 0.328 e. The monoisotopic (exact) mass is 1230 g/mol. The topological polar surface area (TPSA) is 274 Å². The Morgan fingerprint density at radius 3 is 2.34 bits per heavy atom. The van der Waals surface area contributed by atoms with Crippen LogP contribution in [0.25, 0.3) is 0 Å². The van der Waals surface area contributed by atoms with Gasteiger partial charge >= 0.3 is 18.0 Å². The lowest BCUT2D eigenvalue weighted by atomic mass is 9.78. The molecule has 22 heteroatoms. The van der Waals surface area contributed by atoms with Crippen molar-refractivity contribution in [1.29, 1.82) is 0 Å². The molecule has 2 aromatic rings. The number of anilines is 1. The number of esters is 2. The molecule has 0 saturated carbocycles. The number of likely N-dealkylation sites (N-methyl/N-ethyl adjacent to an activating group) is 1. The van der Waals surface area contributed by atoms with E-state index in [4.69, 9.17) is 48.5 Å². The van der Waals surface area contributed by atoms with Crippen LogP contribution in [0.4, 0.5) is 10.5 Å². The van der Waals surface area contributed by atoms with Crippen LogP contribution >= 0.6 is 23.8 Å². The molecule has 2 saturated heterocycles. The van der Waals surface area contributed by atoms with Gasteiger partial charge in [-0.25, -0.2) is 9.59 Å². The number of hydrogen-bond acceptors (Lipinski definition) is 15. The minimum atomic E-state index is -1.64. The Labute approximate surface area is 514 Å². The molecule has 0 unspecified atom stereocenters. The summed E-state index contributed by atoms with van der Waals surface area (Å²) < 4.78 is 24.3. The first kappa shape index (κ1) is 68.5. The van der Waals surface area contributed by atoms with Crippen LogP contribution in [0.15, 0.2) is 66.3 Å². The van der Waals surface area contributed by atoms with E-state index in [0.717, 1.165) is 23.1 Å². The molecule has 2 fully saturated rings. The van der Waals surface area contributed by atoms with Gasteiger partial charge < -0.3 is 50.2 Å². The average Bonchev–Trinajstić information content (AvgIpc) is 1.64. The van der Waals surface area contributed by atoms with E-state index in [2.05, 4.69) is 10.6 Å². The Balaban J connectivity index is 1.15. The van der Waals surface area contributed by atoms with Crippen molar-refractivity contribution in [3.8, 4) is 0 Å². The number of urea groups is 1. The van der Waals surface area contributed by atoms with E-state index in [9.17, 15) is 48.3 Å². The molecule has 0 aromatic heterocycles. The molecule has 5 N–H and O–H groups in total. The number of thiocarbonyl (C=S) groups is 1. The van der Waals surface area contributed by atoms with Gasteiger partial charge in [-0.15, -0.1) is 0 Å². The van der Waals surface area contributed by atoms with Gasteiger partial charge in [0.1, 0.15) is 35.6 Å². The number of nitrogens with two attached hydrogens (primary N) is 1. The zero-order valence-corrected chi connectivity index (χ0v) is 52.9. The van der Waals surface area contributed by atoms with E-state index in [1.807, 2.05) is 45.9 Å². The molecule has 0 radical (unpaired) electrons. The normalized spacial score (nSPS) is 25.3. The van der Waals surface area contributed by atoms with Crippen LogP contribution in [-0.2, 0) is 65.4 Å². The molecule has 7 amide bonds. The Kier molecular flexibility index (Phi) is 23.8. The Morgan fingerprint density at radius 2 is 1.69 bits per heavy atom. The van der Waals surface area contributed by atoms with E-state index >= 15 is 0 Å². The summed E-state index contributed by atoms with van der Waals surface area (Å²) in [6.45, 7) is 14.8. The number of benzene rings is 2. The molecule has 10 atom stereocenters. The van der Waals surface area contributed by atoms with Crippen LogP contribution in [0.2, 0.25) is 5.02 Å². The second kappa shape index (κ2) is 29.8. The van der Waals surface area contributed by atoms with Gasteiger partial charge in [0.2, 0.25) is 11.8 Å². The number of imide groups is 1. The number of carbonyl (C=O) groups is 9. The first-order valence-electron chi connectivity index (χ1n) is 29.5. The van der Waals surface area contributed by atoms with Gasteiger partial charge in [-0.2, -0.15) is 0 Å². The van der Waals surface area contributed by atoms with Crippen LogP contribution in [-0.4, -0.2) is 155 Å². The number of primary amides is 1. The van der Waals surface area contributed by atoms with Gasteiger partial charge in [0, 0.05) is 76.7 Å². The average molecular weight is 1230 g/mol. The number of unbranched alkanes of at least 4 members (excludes halogenated alkanes) is 2. The Hall–Kier alpha value is -6.65. The third-order valence-electron chi connectivity index (χ3n) is 17.2. The van der Waals surface area contributed by atoms with E-state index in [1.165, 1.54) is 47.9 Å². The number of ketones is 1. The molecule has 0 aliphatic carbocycles. The van der Waals surface area contributed by atoms with E-state index < -0.39 is 89.3 Å². The maximum atomic E-state index is 14.5. The Morgan fingerprint density at radius 1 is 0.988 bits per heavy atom. The van der Waals surface area contributed by atoms with Crippen LogP contribution in [0.1, 0.15) is 138 Å². The number of halogens is 1. The second-order valence-corrected chi connectivity index (χ2v) is 25.0. The Bertz CT molecular complexity index is 3020. The van der Waals surface area contributed by atoms with Crippen molar-refractivity contribution < 1.29 is 67.2 Å². The van der Waals surface area contributed by atoms with Crippen LogP contribution in [0.3, 0.4) is 0 Å². The van der Waals surface area contributed by atoms with Crippen molar-refractivity contribution in [3.05, 3.63) is 99.1 Å². The number of rotatable bonds is 23. The summed E-state index contributed by atoms with van der Waals surface area (Å²) in [6.07, 6.45) is 7.35. The maximum Gasteiger partial charge on any atom is 0.328 e. The molecule has 2 aromatic carbocycles. The number of ether oxygens (including phenoxy) is 4. The maximum absolute atomic E-state index is 14.5. The van der Waals surface area contributed by atoms with E-state index in [-0.39, 0.29) is 73.6 Å². The molecular weight excluding hydrogens is 1140 g/mol. The number of amides is 7. The SMILES string of the molecule is CO[C@@H]1/C=C/C=C(\C)Cc2cc(C)c(Cl)c(c2)N(C)C(=O)C[C@H](OC(=O)[C@H](C)N(C)C(=O)c2ccc(CC(=O)[C@H](CCCNC(N)=O)NC(=O)[C@@H](CC(=S)CCCCCN3C(=O)C=CC3=O)C(C)C)c(C)c2)[C@]2(C)O[C@H]2[C@H](C)[C@@H]2C[C@@]1(O)CC(=O)O2. The highest BCUT2D eigenvalue weighted by molar-refractivity contribution is 7.80. The largest absolute Gasteiger partial charge is 0.462 e. The first-order chi connectivity index (χ1) is 40.5. The predicted molar refractivity (Wildman–Crippen MR) is 328 cm³/mol. The highest BCUT2D eigenvalue weighted by Gasteiger charge is 2.64. The highest BCUT2D eigenvalue weighted by atomic mass is 35.5. The van der Waals surface area contributed by atoms with Crippen molar-refractivity contribution in [1.82, 2.24) is 20.4 Å². The van der Waals surface area contributed by atoms with Crippen molar-refractivity contribution >= 4 is 87.7 Å². The van der Waals surface area contributed by atoms with Crippen LogP contribution < -0.4 is 21.3 Å². The summed E-state index contributed by atoms with van der Waals surface area (Å²) >= 11 is 12.6. The molecule has 20 nitrogen and oxygen atoms in total. The van der Waals surface area contributed by atoms with Crippen molar-refractivity contribution in [3.63, 3.8) is 0 Å². The lowest BCUT2D eigenvalue weighted by Crippen LogP contribution is -2.53. The van der Waals surface area contributed by atoms with Gasteiger partial charge in [-0.1, -0.05) is 86.9 Å². The fourth-order valence-electron chi connectivity index (χ4n) is 11.5. The predicted octanol–water partition coefficient (Wildman–Crippen LogP) is 7.25. The van der Waals surface area contributed by atoms with E-state index in [1.54, 1.807) is 58.2 Å². The summed E-state index contributed by atoms with van der Waals surface area (Å²) in [5.74, 6) is -5.01. The first-order valence-corrected chi connectivity index (χ1v) is 30.3. The van der Waals surface area contributed by atoms with Gasteiger partial charge in [-0.05, 0) is 131 Å². The standard InChI is InChI=1S/C64H85ClN6O14S/c1-36(2)46(32-45(86)18-13-12-14-26-71-53(73)23-24-54(71)74)59(77)68-47(19-16-25-67-62(66)80)49(72)31-43-21-22-44(29-38(43)4)60(78)69(9)41(7)61(79)84-52-33-55(75)70(10)48-30-42(28-39(5)57(48)65)27-37(3)17-15-20-51(82-11)64(81)34-50(83-56(76)35-64)40(6)58-63(52,8)85-58/h15,17,20-24,28-30,36,40-41,46-47,50-52,58,81H,12-14,16,18-19,25-27,31-35H2,1-11H3,(H,68,77)(H3,66,67,80)/b20-15+,37-17+/t40-,41+,46+,47+,50+,51-,52+,58+,63+,64-/m1/s1. The molecule has 4 heterocycles. The molecule has 4 bridgehead atoms. The van der Waals surface area contributed by atoms with Crippen molar-refractivity contribution in [2.45, 2.75) is 180 Å². The van der Waals surface area contributed by atoms with Crippen molar-refractivity contribution in [2.75, 3.05) is 39.2 Å². The summed E-state index contributed by atoms with van der Waals surface area (Å²) in [4.78, 5) is 124. The summed E-state index contributed by atoms with van der Waals surface area (Å²) in [5, 5.41) is 17.9. The molecule has 0 spiro atoms. The number of allylic oxidation sites excluding steroid dienone is 3. The number of fused-ring (bicyclic) bond motifs is 5. The quantitative estimate of drug-likeness (QED) is 0.0280. The number of hydrogen-bond donors (Lipinski definition) is 4. The summed E-state index contributed by atoms with van der Waals surface area (Å²) in [5.41, 5.74) is 6.74. The molecule has 6 rings (SSSR count). The summed E-state index contributed by atoms with van der Waals surface area (Å²) in [7, 11) is 4.49. The highest BCUT2D eigenvalue weighted by Crippen LogP contribution is 2.50. The molecule has 4 aliphatic heterocycles. The number of aliphatic hydroxyl groups is 1. The molecule has 4 aliphatic rings. The fraction of sp³-hybridized carbons (Fsp3) is 0.562. The van der Waals surface area contributed by atoms with Crippen LogP contribution in [0.5, 0.6) is 0 Å². The third kappa shape index (κ3) is 17.3. The van der Waals surface area contributed by atoms with Gasteiger partial charge in [0.15, 0.2) is 5.78 Å². The van der Waals surface area contributed by atoms with Gasteiger partial charge in [-0.3, -0.25) is 38.5 Å². The zero-order valence-electron chi connectivity index (χ0n) is 51.3. The number of methoxy groups -OCH3 is 1. The number of nitrogens with one attached hydrogen (secondary N) is 2. The lowest BCUT2D eigenvalue weighted by molar-refractivity contribution is -0.187. The number of aryl methyl sites for hydroxylation is 2. The lowest BCUT2D eigenvalue weighted by Gasteiger charge is -2.41. The number of nitrogens with zero attached hydrogens (tertiary/aromatic N) is 3. The van der Waals surface area contributed by atoms with Crippen molar-refractivity contribution in [2.24, 2.45) is 23.5 Å². The third-order valence-corrected chi connectivity index (χ3v) is 18.0. The second-order valence-electron chi connectivity index (χ2n) is 24.1. The molecule has 468 valence electrons. The minimum Gasteiger partial charge on any atom is -0.462 e. The number of Topliss-reactive ketones (excluding diaryl/α,β-unsaturated/α-hetero) is 1. The van der Waals surface area contributed by atoms with Crippen LogP contribution in [0, 0.1) is 31.6 Å². The molecule has 86 heavy (non-hydrogen) atoms. The number of carbonyl (C=O) groups excluding carboxylic acids is 9.